The number of carbonyl (C=O) groups is 2. The fourth-order valence-corrected chi connectivity index (χ4v) is 1.93. The average molecular weight is 321 g/mol. The zero-order valence-electron chi connectivity index (χ0n) is 10.7. The van der Waals surface area contributed by atoms with Crippen molar-refractivity contribution in [1.29, 1.82) is 0 Å². The highest BCUT2D eigenvalue weighted by Gasteiger charge is 2.19. The van der Waals surface area contributed by atoms with E-state index < -0.39 is 17.9 Å². The van der Waals surface area contributed by atoms with Gasteiger partial charge in [-0.3, -0.25) is 4.79 Å². The Morgan fingerprint density at radius 2 is 2.10 bits per heavy atom. The first kappa shape index (κ1) is 16.7. The summed E-state index contributed by atoms with van der Waals surface area (Å²) in [5.41, 5.74) is 3.95. The highest BCUT2D eigenvalue weighted by Crippen LogP contribution is 2.29. The van der Waals surface area contributed by atoms with Crippen molar-refractivity contribution in [2.24, 2.45) is 0 Å². The summed E-state index contributed by atoms with van der Waals surface area (Å²) < 4.78 is 0. The first-order valence-corrected chi connectivity index (χ1v) is 6.78. The molecule has 1 amide bonds. The molecule has 0 saturated carbocycles. The molecule has 0 aliphatic carbocycles. The van der Waals surface area contributed by atoms with Crippen LogP contribution >= 0.6 is 23.2 Å². The highest BCUT2D eigenvalue weighted by atomic mass is 35.5. The van der Waals surface area contributed by atoms with E-state index in [-0.39, 0.29) is 11.4 Å². The molecule has 1 rings (SSSR count). The van der Waals surface area contributed by atoms with E-state index in [0.29, 0.717) is 23.8 Å². The SMILES string of the molecule is [NH3+]CC[NH2+][C@@H](CC(=O)Nc1cccc(Cl)c1Cl)C(=O)[O-]. The summed E-state index contributed by atoms with van der Waals surface area (Å²) in [7, 11) is 0. The number of hydrogen-bond acceptors (Lipinski definition) is 3. The number of carbonyl (C=O) groups excluding carboxylic acids is 2. The molecule has 8 heteroatoms. The highest BCUT2D eigenvalue weighted by molar-refractivity contribution is 6.43. The van der Waals surface area contributed by atoms with Gasteiger partial charge in [-0.2, -0.15) is 0 Å². The van der Waals surface area contributed by atoms with Crippen LogP contribution in [0.2, 0.25) is 10.0 Å². The molecule has 1 aromatic rings. The van der Waals surface area contributed by atoms with Gasteiger partial charge in [-0.25, -0.2) is 0 Å². The second-order valence-electron chi connectivity index (χ2n) is 4.16. The number of carboxylic acids is 1. The molecule has 0 spiro atoms. The Hall–Kier alpha value is -1.34. The van der Waals surface area contributed by atoms with E-state index >= 15 is 0 Å². The van der Waals surface area contributed by atoms with Gasteiger partial charge in [0.15, 0.2) is 0 Å². The maximum absolute atomic E-state index is 11.8. The molecule has 1 atom stereocenters. The number of quaternary nitrogens is 2. The Morgan fingerprint density at radius 1 is 1.40 bits per heavy atom. The third kappa shape index (κ3) is 4.97. The Morgan fingerprint density at radius 3 is 2.70 bits per heavy atom. The lowest BCUT2D eigenvalue weighted by Gasteiger charge is -2.16. The number of aliphatic carboxylic acids is 1. The summed E-state index contributed by atoms with van der Waals surface area (Å²) >= 11 is 11.8. The summed E-state index contributed by atoms with van der Waals surface area (Å²) in [5.74, 6) is -1.76. The third-order valence-corrected chi connectivity index (χ3v) is 3.41. The van der Waals surface area contributed by atoms with Crippen molar-refractivity contribution >= 4 is 40.8 Å². The molecule has 0 radical (unpaired) electrons. The number of halogens is 2. The van der Waals surface area contributed by atoms with E-state index in [9.17, 15) is 14.7 Å². The van der Waals surface area contributed by atoms with Gasteiger partial charge in [0.2, 0.25) is 5.91 Å². The number of amides is 1. The van der Waals surface area contributed by atoms with Crippen molar-refractivity contribution in [2.45, 2.75) is 12.5 Å². The van der Waals surface area contributed by atoms with Crippen molar-refractivity contribution in [3.63, 3.8) is 0 Å². The monoisotopic (exact) mass is 320 g/mol. The average Bonchev–Trinajstić information content (AvgIpc) is 2.39. The van der Waals surface area contributed by atoms with E-state index in [1.54, 1.807) is 18.2 Å². The second-order valence-corrected chi connectivity index (χ2v) is 4.94. The van der Waals surface area contributed by atoms with Crippen LogP contribution in [-0.4, -0.2) is 31.0 Å². The Kier molecular flexibility index (Phi) is 6.74. The minimum absolute atomic E-state index is 0.217. The van der Waals surface area contributed by atoms with E-state index in [1.165, 1.54) is 5.32 Å². The molecule has 6 nitrogen and oxygen atoms in total. The van der Waals surface area contributed by atoms with Crippen LogP contribution < -0.4 is 21.5 Å². The standard InChI is InChI=1S/C12H15Cl2N3O3/c13-7-2-1-3-8(11(7)14)17-10(18)6-9(12(19)20)16-5-4-15/h1-3,9,16H,4-6,15H2,(H,17,18)(H,19,20)/p+1/t9-/m0/s1. The van der Waals surface area contributed by atoms with Gasteiger partial charge < -0.3 is 26.3 Å². The molecule has 110 valence electrons. The summed E-state index contributed by atoms with van der Waals surface area (Å²) in [5, 5.41) is 15.5. The zero-order chi connectivity index (χ0) is 15.1. The maximum Gasteiger partial charge on any atom is 0.230 e. The molecular weight excluding hydrogens is 305 g/mol. The fourth-order valence-electron chi connectivity index (χ4n) is 1.58. The Balaban J connectivity index is 2.66. The fraction of sp³-hybridized carbons (Fsp3) is 0.333. The predicted octanol–water partition coefficient (Wildman–Crippen LogP) is -1.75. The van der Waals surface area contributed by atoms with Gasteiger partial charge >= 0.3 is 0 Å². The minimum Gasteiger partial charge on any atom is -0.544 e. The summed E-state index contributed by atoms with van der Waals surface area (Å²) in [6.45, 7) is 1.06. The molecule has 6 N–H and O–H groups in total. The van der Waals surface area contributed by atoms with Crippen LogP contribution in [-0.2, 0) is 9.59 Å². The molecule has 0 aliphatic heterocycles. The van der Waals surface area contributed by atoms with E-state index in [1.807, 2.05) is 0 Å². The molecule has 20 heavy (non-hydrogen) atoms. The normalized spacial score (nSPS) is 11.9. The van der Waals surface area contributed by atoms with Gasteiger partial charge in [0, 0.05) is 0 Å². The maximum atomic E-state index is 11.8. The summed E-state index contributed by atoms with van der Waals surface area (Å²) in [6.07, 6.45) is -0.217. The van der Waals surface area contributed by atoms with E-state index in [0.717, 1.165) is 0 Å². The van der Waals surface area contributed by atoms with Crippen molar-refractivity contribution in [1.82, 2.24) is 0 Å². The van der Waals surface area contributed by atoms with Crippen LogP contribution in [0.4, 0.5) is 5.69 Å². The number of rotatable bonds is 7. The number of benzene rings is 1. The van der Waals surface area contributed by atoms with E-state index in [2.05, 4.69) is 11.1 Å². The Bertz CT molecular complexity index is 497. The van der Waals surface area contributed by atoms with Gasteiger partial charge in [0.05, 0.1) is 28.1 Å². The van der Waals surface area contributed by atoms with E-state index in [4.69, 9.17) is 23.2 Å². The first-order valence-electron chi connectivity index (χ1n) is 6.03. The van der Waals surface area contributed by atoms with Gasteiger partial charge in [0.25, 0.3) is 0 Å². The third-order valence-electron chi connectivity index (χ3n) is 2.59. The zero-order valence-corrected chi connectivity index (χ0v) is 12.2. The summed E-state index contributed by atoms with van der Waals surface area (Å²) in [6, 6.07) is 3.86. The van der Waals surface area contributed by atoms with Crippen molar-refractivity contribution in [3.05, 3.63) is 28.2 Å². The molecule has 0 unspecified atom stereocenters. The molecule has 0 fully saturated rings. The molecule has 0 heterocycles. The first-order chi connectivity index (χ1) is 9.45. The van der Waals surface area contributed by atoms with Crippen LogP contribution in [0.5, 0.6) is 0 Å². The number of nitrogens with one attached hydrogen (secondary N) is 1. The van der Waals surface area contributed by atoms with Crippen LogP contribution in [0.3, 0.4) is 0 Å². The lowest BCUT2D eigenvalue weighted by molar-refractivity contribution is -0.695. The summed E-state index contributed by atoms with van der Waals surface area (Å²) in [4.78, 5) is 22.7. The smallest absolute Gasteiger partial charge is 0.230 e. The molecule has 0 bridgehead atoms. The topological polar surface area (TPSA) is 113 Å². The van der Waals surface area contributed by atoms with Crippen LogP contribution in [0, 0.1) is 0 Å². The molecule has 0 saturated heterocycles. The minimum atomic E-state index is -1.29. The Labute approximate surface area is 126 Å². The number of nitrogens with two attached hydrogens (primary N) is 1. The molecule has 1 aromatic carbocycles. The van der Waals surface area contributed by atoms with Gasteiger partial charge in [0.1, 0.15) is 19.1 Å². The largest absolute Gasteiger partial charge is 0.544 e. The molecule has 0 aliphatic rings. The lowest BCUT2D eigenvalue weighted by atomic mass is 10.2. The number of hydrogen-bond donors (Lipinski definition) is 3. The van der Waals surface area contributed by atoms with Gasteiger partial charge in [-0.15, -0.1) is 0 Å². The molecular formula is C12H16Cl2N3O3+. The van der Waals surface area contributed by atoms with Crippen LogP contribution in [0.25, 0.3) is 0 Å². The second kappa shape index (κ2) is 8.06. The van der Waals surface area contributed by atoms with Crippen LogP contribution in [0.15, 0.2) is 18.2 Å². The predicted molar refractivity (Wildman–Crippen MR) is 73.1 cm³/mol. The van der Waals surface area contributed by atoms with Crippen molar-refractivity contribution in [2.75, 3.05) is 18.4 Å². The number of carboxylic acid groups (broad SMARTS) is 1. The van der Waals surface area contributed by atoms with Crippen LogP contribution in [0.1, 0.15) is 6.42 Å². The molecule has 0 aromatic heterocycles. The van der Waals surface area contributed by atoms with Gasteiger partial charge in [-0.05, 0) is 12.1 Å². The quantitative estimate of drug-likeness (QED) is 0.553. The van der Waals surface area contributed by atoms with Gasteiger partial charge in [-0.1, -0.05) is 29.3 Å². The van der Waals surface area contributed by atoms with Crippen molar-refractivity contribution < 1.29 is 25.7 Å². The number of anilines is 1. The van der Waals surface area contributed by atoms with Crippen molar-refractivity contribution in [3.8, 4) is 0 Å². The lowest BCUT2D eigenvalue weighted by Crippen LogP contribution is -2.95.